The molecule has 1 fully saturated rings. The first kappa shape index (κ1) is 11.0. The van der Waals surface area contributed by atoms with Crippen LogP contribution in [0.5, 0.6) is 0 Å². The molecule has 1 aliphatic heterocycles. The first-order valence-electron chi connectivity index (χ1n) is 5.55. The van der Waals surface area contributed by atoms with Gasteiger partial charge in [0.15, 0.2) is 0 Å². The summed E-state index contributed by atoms with van der Waals surface area (Å²) in [6.45, 7) is 10.2. The van der Waals surface area contributed by atoms with Crippen molar-refractivity contribution in [1.29, 1.82) is 0 Å². The fraction of sp³-hybridized carbons (Fsp3) is 1.00. The van der Waals surface area contributed by atoms with Crippen molar-refractivity contribution in [3.8, 4) is 0 Å². The SMILES string of the molecule is CCC(C)(N)CN1CCC(C)CC1. The minimum Gasteiger partial charge on any atom is -0.324 e. The minimum absolute atomic E-state index is 0.0145. The van der Waals surface area contributed by atoms with Gasteiger partial charge in [-0.3, -0.25) is 0 Å². The average Bonchev–Trinajstić information content (AvgIpc) is 2.09. The van der Waals surface area contributed by atoms with Crippen LogP contribution in [-0.2, 0) is 0 Å². The minimum atomic E-state index is 0.0145. The molecule has 0 aromatic heterocycles. The van der Waals surface area contributed by atoms with E-state index in [9.17, 15) is 0 Å². The summed E-state index contributed by atoms with van der Waals surface area (Å²) in [4.78, 5) is 2.52. The van der Waals surface area contributed by atoms with Crippen LogP contribution < -0.4 is 5.73 Å². The van der Waals surface area contributed by atoms with E-state index in [0.29, 0.717) is 0 Å². The van der Waals surface area contributed by atoms with Gasteiger partial charge in [-0.05, 0) is 45.2 Å². The summed E-state index contributed by atoms with van der Waals surface area (Å²) < 4.78 is 0. The molecule has 0 spiro atoms. The Labute approximate surface area is 82.5 Å². The summed E-state index contributed by atoms with van der Waals surface area (Å²) >= 11 is 0. The number of piperidine rings is 1. The van der Waals surface area contributed by atoms with Crippen LogP contribution in [-0.4, -0.2) is 30.1 Å². The molecule has 1 atom stereocenters. The Morgan fingerprint density at radius 1 is 1.38 bits per heavy atom. The molecule has 1 rings (SSSR count). The molecule has 1 saturated heterocycles. The van der Waals surface area contributed by atoms with Gasteiger partial charge in [0.25, 0.3) is 0 Å². The van der Waals surface area contributed by atoms with Gasteiger partial charge in [-0.15, -0.1) is 0 Å². The maximum atomic E-state index is 6.14. The Morgan fingerprint density at radius 2 is 1.92 bits per heavy atom. The van der Waals surface area contributed by atoms with E-state index in [0.717, 1.165) is 18.9 Å². The largest absolute Gasteiger partial charge is 0.324 e. The maximum Gasteiger partial charge on any atom is 0.0252 e. The second kappa shape index (κ2) is 4.43. The number of hydrogen-bond donors (Lipinski definition) is 1. The highest BCUT2D eigenvalue weighted by Gasteiger charge is 2.23. The highest BCUT2D eigenvalue weighted by molar-refractivity contribution is 4.83. The molecule has 2 nitrogen and oxygen atoms in total. The number of likely N-dealkylation sites (tertiary alicyclic amines) is 1. The number of rotatable bonds is 3. The number of nitrogens with zero attached hydrogens (tertiary/aromatic N) is 1. The number of hydrogen-bond acceptors (Lipinski definition) is 2. The van der Waals surface area contributed by atoms with Crippen LogP contribution in [0.2, 0.25) is 0 Å². The molecular weight excluding hydrogens is 160 g/mol. The lowest BCUT2D eigenvalue weighted by atomic mass is 9.95. The highest BCUT2D eigenvalue weighted by atomic mass is 15.1. The Bertz CT molecular complexity index is 146. The van der Waals surface area contributed by atoms with Crippen LogP contribution >= 0.6 is 0 Å². The molecule has 13 heavy (non-hydrogen) atoms. The molecule has 0 radical (unpaired) electrons. The third kappa shape index (κ3) is 3.65. The van der Waals surface area contributed by atoms with Gasteiger partial charge in [0, 0.05) is 12.1 Å². The lowest BCUT2D eigenvalue weighted by Crippen LogP contribution is -2.49. The van der Waals surface area contributed by atoms with Crippen LogP contribution in [0, 0.1) is 5.92 Å². The van der Waals surface area contributed by atoms with Crippen molar-refractivity contribution in [2.75, 3.05) is 19.6 Å². The van der Waals surface area contributed by atoms with Gasteiger partial charge in [-0.1, -0.05) is 13.8 Å². The third-order valence-corrected chi connectivity index (χ3v) is 3.27. The molecule has 1 aliphatic rings. The third-order valence-electron chi connectivity index (χ3n) is 3.27. The molecule has 0 amide bonds. The monoisotopic (exact) mass is 184 g/mol. The topological polar surface area (TPSA) is 29.3 Å². The number of nitrogens with two attached hydrogens (primary N) is 1. The van der Waals surface area contributed by atoms with Crippen molar-refractivity contribution in [3.63, 3.8) is 0 Å². The smallest absolute Gasteiger partial charge is 0.0252 e. The first-order valence-corrected chi connectivity index (χ1v) is 5.55. The van der Waals surface area contributed by atoms with Gasteiger partial charge in [0.1, 0.15) is 0 Å². The van der Waals surface area contributed by atoms with Gasteiger partial charge in [-0.2, -0.15) is 0 Å². The Balaban J connectivity index is 2.30. The summed E-state index contributed by atoms with van der Waals surface area (Å²) in [7, 11) is 0. The second-order valence-corrected chi connectivity index (χ2v) is 4.97. The zero-order valence-electron chi connectivity index (χ0n) is 9.34. The molecule has 0 aliphatic carbocycles. The van der Waals surface area contributed by atoms with E-state index in [4.69, 9.17) is 5.73 Å². The van der Waals surface area contributed by atoms with Crippen molar-refractivity contribution in [2.45, 2.75) is 45.6 Å². The molecule has 78 valence electrons. The van der Waals surface area contributed by atoms with Crippen LogP contribution in [0.4, 0.5) is 0 Å². The predicted molar refractivity (Wildman–Crippen MR) is 57.7 cm³/mol. The van der Waals surface area contributed by atoms with Crippen LogP contribution in [0.1, 0.15) is 40.0 Å². The normalized spacial score (nSPS) is 25.8. The molecule has 0 aromatic carbocycles. The van der Waals surface area contributed by atoms with Gasteiger partial charge >= 0.3 is 0 Å². The van der Waals surface area contributed by atoms with Crippen LogP contribution in [0.3, 0.4) is 0 Å². The summed E-state index contributed by atoms with van der Waals surface area (Å²) in [6, 6.07) is 0. The molecule has 2 heteroatoms. The standard InChI is InChI=1S/C11H24N2/c1-4-11(3,12)9-13-7-5-10(2)6-8-13/h10H,4-9,12H2,1-3H3. The quantitative estimate of drug-likeness (QED) is 0.725. The van der Waals surface area contributed by atoms with Gasteiger partial charge in [0.05, 0.1) is 0 Å². The lowest BCUT2D eigenvalue weighted by molar-refractivity contribution is 0.157. The predicted octanol–water partition coefficient (Wildman–Crippen LogP) is 1.85. The van der Waals surface area contributed by atoms with Gasteiger partial charge in [0.2, 0.25) is 0 Å². The van der Waals surface area contributed by atoms with E-state index in [2.05, 4.69) is 25.7 Å². The molecule has 0 saturated carbocycles. The first-order chi connectivity index (χ1) is 6.03. The van der Waals surface area contributed by atoms with Crippen molar-refractivity contribution in [3.05, 3.63) is 0 Å². The summed E-state index contributed by atoms with van der Waals surface area (Å²) in [6.07, 6.45) is 3.76. The van der Waals surface area contributed by atoms with Crippen molar-refractivity contribution in [1.82, 2.24) is 4.90 Å². The van der Waals surface area contributed by atoms with Crippen LogP contribution in [0.15, 0.2) is 0 Å². The molecule has 0 aromatic rings. The summed E-state index contributed by atoms with van der Waals surface area (Å²) in [5, 5.41) is 0. The maximum absolute atomic E-state index is 6.14. The zero-order valence-corrected chi connectivity index (χ0v) is 9.34. The Morgan fingerprint density at radius 3 is 2.38 bits per heavy atom. The average molecular weight is 184 g/mol. The second-order valence-electron chi connectivity index (χ2n) is 4.97. The van der Waals surface area contributed by atoms with Crippen molar-refractivity contribution >= 4 is 0 Å². The van der Waals surface area contributed by atoms with E-state index >= 15 is 0 Å². The van der Waals surface area contributed by atoms with Gasteiger partial charge < -0.3 is 10.6 Å². The molecule has 1 heterocycles. The Kier molecular flexibility index (Phi) is 3.74. The highest BCUT2D eigenvalue weighted by Crippen LogP contribution is 2.18. The van der Waals surface area contributed by atoms with E-state index in [1.54, 1.807) is 0 Å². The molecular formula is C11H24N2. The molecule has 1 unspecified atom stereocenters. The molecule has 2 N–H and O–H groups in total. The van der Waals surface area contributed by atoms with Crippen LogP contribution in [0.25, 0.3) is 0 Å². The fourth-order valence-electron chi connectivity index (χ4n) is 1.84. The van der Waals surface area contributed by atoms with Crippen molar-refractivity contribution < 1.29 is 0 Å². The van der Waals surface area contributed by atoms with Gasteiger partial charge in [-0.25, -0.2) is 0 Å². The van der Waals surface area contributed by atoms with E-state index in [1.165, 1.54) is 25.9 Å². The Hall–Kier alpha value is -0.0800. The summed E-state index contributed by atoms with van der Waals surface area (Å²) in [5.41, 5.74) is 6.15. The van der Waals surface area contributed by atoms with E-state index < -0.39 is 0 Å². The summed E-state index contributed by atoms with van der Waals surface area (Å²) in [5.74, 6) is 0.918. The van der Waals surface area contributed by atoms with E-state index in [1.807, 2.05) is 0 Å². The van der Waals surface area contributed by atoms with Crippen molar-refractivity contribution in [2.24, 2.45) is 11.7 Å². The lowest BCUT2D eigenvalue weighted by Gasteiger charge is -2.36. The molecule has 0 bridgehead atoms. The fourth-order valence-corrected chi connectivity index (χ4v) is 1.84. The van der Waals surface area contributed by atoms with E-state index in [-0.39, 0.29) is 5.54 Å². The zero-order chi connectivity index (χ0) is 9.90.